The molecule has 0 bridgehead atoms. The minimum absolute atomic E-state index is 0.0609. The van der Waals surface area contributed by atoms with E-state index in [-0.39, 0.29) is 11.1 Å². The molecule has 0 unspecified atom stereocenters. The molecule has 0 saturated carbocycles. The van der Waals surface area contributed by atoms with Crippen LogP contribution < -0.4 is 10.6 Å². The summed E-state index contributed by atoms with van der Waals surface area (Å²) in [6.07, 6.45) is -1.94. The first-order valence-electron chi connectivity index (χ1n) is 8.97. The number of rotatable bonds is 6. The Kier molecular flexibility index (Phi) is 6.22. The number of aromatic nitrogens is 3. The fourth-order valence-corrected chi connectivity index (χ4v) is 2.70. The summed E-state index contributed by atoms with van der Waals surface area (Å²) in [5, 5.41) is 6.11. The molecule has 9 heteroatoms. The summed E-state index contributed by atoms with van der Waals surface area (Å²) >= 11 is 6.05. The van der Waals surface area contributed by atoms with Crippen molar-refractivity contribution in [3.63, 3.8) is 0 Å². The fraction of sp³-hybridized carbons (Fsp3) is 0.250. The number of nitrogens with zero attached hydrogens (tertiary/aromatic N) is 3. The van der Waals surface area contributed by atoms with E-state index >= 15 is 0 Å². The summed E-state index contributed by atoms with van der Waals surface area (Å²) < 4.78 is 38.6. The van der Waals surface area contributed by atoms with Crippen LogP contribution in [0.25, 0.3) is 11.4 Å². The molecule has 152 valence electrons. The van der Waals surface area contributed by atoms with E-state index in [1.807, 2.05) is 26.0 Å². The monoisotopic (exact) mass is 421 g/mol. The highest BCUT2D eigenvalue weighted by Crippen LogP contribution is 2.35. The van der Waals surface area contributed by atoms with Crippen molar-refractivity contribution in [2.45, 2.75) is 32.5 Å². The molecule has 1 aromatic carbocycles. The third-order valence-electron chi connectivity index (χ3n) is 4.20. The van der Waals surface area contributed by atoms with E-state index < -0.39 is 11.7 Å². The number of alkyl halides is 3. The van der Waals surface area contributed by atoms with Crippen LogP contribution in [0.4, 0.5) is 30.6 Å². The lowest BCUT2D eigenvalue weighted by atomic mass is 10.2. The standard InChI is InChI=1S/C20H19ClF3N5/c1-3-12(2)26-19-28-17(16-6-4-5-9-25-16)11-18(29-19)27-15-8-7-13(10-14(15)21)20(22,23)24/h4-12H,3H2,1-2H3,(H2,26,27,28,29)/t12-/m0/s1. The number of pyridine rings is 1. The number of hydrogen-bond donors (Lipinski definition) is 2. The fourth-order valence-electron chi connectivity index (χ4n) is 2.47. The van der Waals surface area contributed by atoms with Crippen LogP contribution in [-0.2, 0) is 6.18 Å². The number of benzene rings is 1. The molecule has 0 aliphatic heterocycles. The van der Waals surface area contributed by atoms with Gasteiger partial charge in [-0.25, -0.2) is 4.98 Å². The zero-order valence-corrected chi connectivity index (χ0v) is 16.5. The van der Waals surface area contributed by atoms with Gasteiger partial charge in [-0.15, -0.1) is 0 Å². The second-order valence-corrected chi connectivity index (χ2v) is 6.86. The highest BCUT2D eigenvalue weighted by atomic mass is 35.5. The first kappa shape index (κ1) is 20.9. The summed E-state index contributed by atoms with van der Waals surface area (Å²) in [5.41, 5.74) is 0.699. The van der Waals surface area contributed by atoms with Gasteiger partial charge in [0.05, 0.1) is 27.7 Å². The molecule has 2 aromatic heterocycles. The van der Waals surface area contributed by atoms with Crippen molar-refractivity contribution in [2.24, 2.45) is 0 Å². The number of hydrogen-bond acceptors (Lipinski definition) is 5. The number of nitrogens with one attached hydrogen (secondary N) is 2. The van der Waals surface area contributed by atoms with E-state index in [0.717, 1.165) is 18.6 Å². The molecule has 0 spiro atoms. The van der Waals surface area contributed by atoms with E-state index in [9.17, 15) is 13.2 Å². The molecule has 3 aromatic rings. The molecular formula is C20H19ClF3N5. The zero-order valence-electron chi connectivity index (χ0n) is 15.8. The molecule has 2 heterocycles. The lowest BCUT2D eigenvalue weighted by Gasteiger charge is -2.15. The van der Waals surface area contributed by atoms with Gasteiger partial charge in [-0.3, -0.25) is 4.98 Å². The maximum absolute atomic E-state index is 12.9. The average molecular weight is 422 g/mol. The van der Waals surface area contributed by atoms with Gasteiger partial charge in [-0.1, -0.05) is 24.6 Å². The van der Waals surface area contributed by atoms with Gasteiger partial charge >= 0.3 is 6.18 Å². The van der Waals surface area contributed by atoms with Crippen molar-refractivity contribution < 1.29 is 13.2 Å². The van der Waals surface area contributed by atoms with Crippen LogP contribution in [-0.4, -0.2) is 21.0 Å². The van der Waals surface area contributed by atoms with Crippen molar-refractivity contribution in [1.29, 1.82) is 0 Å². The Labute approximate surface area is 171 Å². The second-order valence-electron chi connectivity index (χ2n) is 6.45. The predicted molar refractivity (Wildman–Crippen MR) is 108 cm³/mol. The normalized spacial score (nSPS) is 12.5. The molecule has 0 saturated heterocycles. The van der Waals surface area contributed by atoms with Crippen molar-refractivity contribution in [3.8, 4) is 11.4 Å². The van der Waals surface area contributed by atoms with Gasteiger partial charge in [0.1, 0.15) is 5.82 Å². The Morgan fingerprint density at radius 3 is 2.48 bits per heavy atom. The van der Waals surface area contributed by atoms with Gasteiger partial charge in [0.15, 0.2) is 0 Å². The van der Waals surface area contributed by atoms with E-state index in [2.05, 4.69) is 25.6 Å². The maximum atomic E-state index is 12.9. The Morgan fingerprint density at radius 1 is 1.07 bits per heavy atom. The largest absolute Gasteiger partial charge is 0.416 e. The minimum atomic E-state index is -4.46. The van der Waals surface area contributed by atoms with Crippen LogP contribution in [0.1, 0.15) is 25.8 Å². The topological polar surface area (TPSA) is 62.7 Å². The van der Waals surface area contributed by atoms with Gasteiger partial charge in [0, 0.05) is 18.3 Å². The van der Waals surface area contributed by atoms with E-state index in [1.54, 1.807) is 18.3 Å². The summed E-state index contributed by atoms with van der Waals surface area (Å²) in [6, 6.07) is 10.4. The molecule has 2 N–H and O–H groups in total. The average Bonchev–Trinajstić information content (AvgIpc) is 2.69. The molecule has 0 aliphatic carbocycles. The lowest BCUT2D eigenvalue weighted by Crippen LogP contribution is -2.16. The smallest absolute Gasteiger partial charge is 0.352 e. The molecule has 0 radical (unpaired) electrons. The second kappa shape index (κ2) is 8.65. The zero-order chi connectivity index (χ0) is 21.0. The molecule has 29 heavy (non-hydrogen) atoms. The number of anilines is 3. The van der Waals surface area contributed by atoms with E-state index in [0.29, 0.717) is 28.8 Å². The van der Waals surface area contributed by atoms with Gasteiger partial charge in [0.25, 0.3) is 0 Å². The molecular weight excluding hydrogens is 403 g/mol. The van der Waals surface area contributed by atoms with Crippen LogP contribution in [0.15, 0.2) is 48.7 Å². The molecule has 0 aliphatic rings. The van der Waals surface area contributed by atoms with E-state index in [4.69, 9.17) is 11.6 Å². The van der Waals surface area contributed by atoms with Crippen LogP contribution >= 0.6 is 11.6 Å². The Bertz CT molecular complexity index is 980. The Hall–Kier alpha value is -2.87. The van der Waals surface area contributed by atoms with Crippen LogP contribution in [0.2, 0.25) is 5.02 Å². The van der Waals surface area contributed by atoms with Gasteiger partial charge in [-0.05, 0) is 43.7 Å². The van der Waals surface area contributed by atoms with Gasteiger partial charge < -0.3 is 10.6 Å². The maximum Gasteiger partial charge on any atom is 0.416 e. The molecule has 5 nitrogen and oxygen atoms in total. The summed E-state index contributed by atoms with van der Waals surface area (Å²) in [6.45, 7) is 4.03. The first-order valence-corrected chi connectivity index (χ1v) is 9.35. The van der Waals surface area contributed by atoms with Crippen molar-refractivity contribution in [1.82, 2.24) is 15.0 Å². The van der Waals surface area contributed by atoms with Crippen molar-refractivity contribution in [2.75, 3.05) is 10.6 Å². The Balaban J connectivity index is 1.97. The van der Waals surface area contributed by atoms with Crippen molar-refractivity contribution in [3.05, 3.63) is 59.2 Å². The summed E-state index contributed by atoms with van der Waals surface area (Å²) in [4.78, 5) is 13.2. The minimum Gasteiger partial charge on any atom is -0.352 e. The van der Waals surface area contributed by atoms with Gasteiger partial charge in [0.2, 0.25) is 5.95 Å². The first-order chi connectivity index (χ1) is 13.8. The highest BCUT2D eigenvalue weighted by molar-refractivity contribution is 6.33. The Morgan fingerprint density at radius 2 is 1.86 bits per heavy atom. The molecule has 0 amide bonds. The highest BCUT2D eigenvalue weighted by Gasteiger charge is 2.30. The van der Waals surface area contributed by atoms with Crippen LogP contribution in [0, 0.1) is 0 Å². The van der Waals surface area contributed by atoms with Gasteiger partial charge in [-0.2, -0.15) is 18.2 Å². The summed E-state index contributed by atoms with van der Waals surface area (Å²) in [5.74, 6) is 0.765. The summed E-state index contributed by atoms with van der Waals surface area (Å²) in [7, 11) is 0. The van der Waals surface area contributed by atoms with Crippen LogP contribution in [0.3, 0.4) is 0 Å². The lowest BCUT2D eigenvalue weighted by molar-refractivity contribution is -0.137. The number of halogens is 4. The molecule has 1 atom stereocenters. The predicted octanol–water partition coefficient (Wildman–Crippen LogP) is 6.16. The van der Waals surface area contributed by atoms with Crippen LogP contribution in [0.5, 0.6) is 0 Å². The van der Waals surface area contributed by atoms with E-state index in [1.165, 1.54) is 6.07 Å². The molecule has 3 rings (SSSR count). The third kappa shape index (κ3) is 5.35. The molecule has 0 fully saturated rings. The quantitative estimate of drug-likeness (QED) is 0.498. The third-order valence-corrected chi connectivity index (χ3v) is 4.51. The SMILES string of the molecule is CC[C@H](C)Nc1nc(Nc2ccc(C(F)(F)F)cc2Cl)cc(-c2ccccn2)n1. The van der Waals surface area contributed by atoms with Crippen molar-refractivity contribution >= 4 is 29.1 Å².